The molecule has 0 saturated heterocycles. The van der Waals surface area contributed by atoms with Gasteiger partial charge in [-0.15, -0.1) is 0 Å². The number of hydrogen-bond donors (Lipinski definition) is 2. The lowest BCUT2D eigenvalue weighted by Crippen LogP contribution is -2.53. The van der Waals surface area contributed by atoms with Crippen LogP contribution < -0.4 is 11.1 Å². The third kappa shape index (κ3) is 15.3. The van der Waals surface area contributed by atoms with Gasteiger partial charge in [0.15, 0.2) is 0 Å². The van der Waals surface area contributed by atoms with E-state index in [9.17, 15) is 19.2 Å². The monoisotopic (exact) mass is 501 g/mol. The van der Waals surface area contributed by atoms with Gasteiger partial charge < -0.3 is 30.2 Å². The first-order valence-electron chi connectivity index (χ1n) is 12.2. The molecule has 0 radical (unpaired) electrons. The zero-order chi connectivity index (χ0) is 27.6. The molecule has 2 amide bonds. The Bertz CT molecular complexity index is 718. The van der Waals surface area contributed by atoms with Crippen LogP contribution in [0.15, 0.2) is 0 Å². The van der Waals surface area contributed by atoms with E-state index in [0.29, 0.717) is 25.8 Å². The minimum absolute atomic E-state index is 0.0202. The average Bonchev–Trinajstić information content (AvgIpc) is 2.63. The number of rotatable bonds is 11. The summed E-state index contributed by atoms with van der Waals surface area (Å²) in [5, 5.41) is 2.62. The van der Waals surface area contributed by atoms with Crippen molar-refractivity contribution < 1.29 is 33.4 Å². The summed E-state index contributed by atoms with van der Waals surface area (Å²) in [4.78, 5) is 52.1. The normalized spacial score (nSPS) is 13.9. The molecular weight excluding hydrogens is 454 g/mol. The van der Waals surface area contributed by atoms with E-state index in [1.807, 2.05) is 0 Å². The lowest BCUT2D eigenvalue weighted by atomic mass is 10.1. The molecular formula is C25H47N3O7. The Hall–Kier alpha value is -2.36. The molecule has 0 spiro atoms. The lowest BCUT2D eigenvalue weighted by Gasteiger charge is -2.31. The highest BCUT2D eigenvalue weighted by atomic mass is 16.6. The number of carbonyl (C=O) groups excluding carboxylic acids is 4. The van der Waals surface area contributed by atoms with Crippen LogP contribution in [-0.4, -0.2) is 71.3 Å². The summed E-state index contributed by atoms with van der Waals surface area (Å²) >= 11 is 0. The fraction of sp³-hybridized carbons (Fsp3) is 0.840. The van der Waals surface area contributed by atoms with Crippen molar-refractivity contribution in [2.75, 3.05) is 13.6 Å². The van der Waals surface area contributed by atoms with E-state index < -0.39 is 52.8 Å². The fourth-order valence-electron chi connectivity index (χ4n) is 2.99. The van der Waals surface area contributed by atoms with E-state index >= 15 is 0 Å². The van der Waals surface area contributed by atoms with Crippen molar-refractivity contribution in [1.29, 1.82) is 0 Å². The lowest BCUT2D eigenvalue weighted by molar-refractivity contribution is -0.160. The third-order valence-corrected chi connectivity index (χ3v) is 4.44. The highest BCUT2D eigenvalue weighted by Crippen LogP contribution is 2.17. The maximum Gasteiger partial charge on any atom is 0.329 e. The summed E-state index contributed by atoms with van der Waals surface area (Å²) in [6.07, 6.45) is 1.53. The van der Waals surface area contributed by atoms with E-state index in [2.05, 4.69) is 5.32 Å². The Kier molecular flexibility index (Phi) is 12.7. The summed E-state index contributed by atoms with van der Waals surface area (Å²) in [5.74, 6) is -1.73. The van der Waals surface area contributed by atoms with Gasteiger partial charge in [-0.1, -0.05) is 0 Å². The van der Waals surface area contributed by atoms with E-state index in [1.165, 1.54) is 11.9 Å². The van der Waals surface area contributed by atoms with Gasteiger partial charge in [-0.2, -0.15) is 0 Å². The maximum absolute atomic E-state index is 13.1. The summed E-state index contributed by atoms with van der Waals surface area (Å²) in [6, 6.07) is -2.64. The molecule has 0 aromatic rings. The second-order valence-corrected chi connectivity index (χ2v) is 11.6. The quantitative estimate of drug-likeness (QED) is 0.250. The van der Waals surface area contributed by atoms with Gasteiger partial charge in [0, 0.05) is 13.5 Å². The van der Waals surface area contributed by atoms with Crippen LogP contribution in [0.25, 0.3) is 0 Å². The van der Waals surface area contributed by atoms with Crippen LogP contribution in [0.2, 0.25) is 0 Å². The molecule has 10 nitrogen and oxygen atoms in total. The number of hydrogen-bond acceptors (Lipinski definition) is 8. The maximum atomic E-state index is 13.1. The molecule has 0 fully saturated rings. The number of urea groups is 1. The van der Waals surface area contributed by atoms with Gasteiger partial charge in [0.2, 0.25) is 0 Å². The van der Waals surface area contributed by atoms with Crippen LogP contribution in [0.1, 0.15) is 94.4 Å². The predicted molar refractivity (Wildman–Crippen MR) is 134 cm³/mol. The second kappa shape index (κ2) is 13.7. The van der Waals surface area contributed by atoms with Gasteiger partial charge in [0.25, 0.3) is 0 Å². The first-order chi connectivity index (χ1) is 15.8. The predicted octanol–water partition coefficient (Wildman–Crippen LogP) is 3.30. The molecule has 0 saturated carbocycles. The van der Waals surface area contributed by atoms with Gasteiger partial charge in [-0.25, -0.2) is 14.4 Å². The van der Waals surface area contributed by atoms with Gasteiger partial charge in [0.05, 0.1) is 0 Å². The molecule has 2 atom stereocenters. The van der Waals surface area contributed by atoms with Crippen molar-refractivity contribution in [1.82, 2.24) is 10.2 Å². The van der Waals surface area contributed by atoms with Crippen molar-refractivity contribution in [2.45, 2.75) is 123 Å². The van der Waals surface area contributed by atoms with Crippen LogP contribution >= 0.6 is 0 Å². The number of unbranched alkanes of at least 4 members (excludes halogenated alkanes) is 1. The molecule has 0 aliphatic rings. The minimum atomic E-state index is -1.11. The number of likely N-dealkylation sites (N-methyl/N-ethyl adjacent to an activating group) is 1. The summed E-state index contributed by atoms with van der Waals surface area (Å²) in [7, 11) is 1.46. The Morgan fingerprint density at radius 2 is 1.26 bits per heavy atom. The van der Waals surface area contributed by atoms with Gasteiger partial charge in [-0.05, 0) is 94.5 Å². The van der Waals surface area contributed by atoms with Crippen LogP contribution in [0.4, 0.5) is 4.79 Å². The first kappa shape index (κ1) is 32.6. The molecule has 0 aromatic heterocycles. The van der Waals surface area contributed by atoms with Crippen LogP contribution in [-0.2, 0) is 28.6 Å². The van der Waals surface area contributed by atoms with Crippen molar-refractivity contribution >= 4 is 23.9 Å². The molecule has 204 valence electrons. The number of nitrogens with zero attached hydrogens (tertiary/aromatic N) is 1. The third-order valence-electron chi connectivity index (χ3n) is 4.44. The SMILES string of the molecule is CN(C(=O)NC(CCC(=O)OC(C)(C)C)C(=O)OC(C)(C)C)C(CCCCN)C(=O)OC(C)(C)C. The van der Waals surface area contributed by atoms with Crippen LogP contribution in [0.3, 0.4) is 0 Å². The largest absolute Gasteiger partial charge is 0.460 e. The number of ether oxygens (including phenoxy) is 3. The molecule has 0 aromatic carbocycles. The zero-order valence-corrected chi connectivity index (χ0v) is 23.3. The van der Waals surface area contributed by atoms with E-state index in [0.717, 1.165) is 0 Å². The topological polar surface area (TPSA) is 137 Å². The van der Waals surface area contributed by atoms with Crippen LogP contribution in [0, 0.1) is 0 Å². The molecule has 0 heterocycles. The smallest absolute Gasteiger partial charge is 0.329 e. The molecule has 0 aliphatic carbocycles. The number of nitrogens with one attached hydrogen (secondary N) is 1. The molecule has 0 bridgehead atoms. The van der Waals surface area contributed by atoms with E-state index in [4.69, 9.17) is 19.9 Å². The van der Waals surface area contributed by atoms with Crippen molar-refractivity contribution in [3.8, 4) is 0 Å². The Balaban J connectivity index is 5.60. The molecule has 2 unspecified atom stereocenters. The van der Waals surface area contributed by atoms with Crippen LogP contribution in [0.5, 0.6) is 0 Å². The summed E-state index contributed by atoms with van der Waals surface area (Å²) in [5.41, 5.74) is 3.38. The number of amides is 2. The zero-order valence-electron chi connectivity index (χ0n) is 23.3. The highest BCUT2D eigenvalue weighted by molar-refractivity contribution is 5.87. The fourth-order valence-corrected chi connectivity index (χ4v) is 2.99. The molecule has 10 heteroatoms. The standard InChI is InChI=1S/C25H47N3O7/c1-23(2,3)33-19(29)15-14-17(20(30)34-24(4,5)6)27-22(32)28(10)18(13-11-12-16-26)21(31)35-25(7,8)9/h17-18H,11-16,26H2,1-10H3,(H,27,32). The molecule has 35 heavy (non-hydrogen) atoms. The Labute approximate surface area is 210 Å². The van der Waals surface area contributed by atoms with E-state index in [-0.39, 0.29) is 12.8 Å². The van der Waals surface area contributed by atoms with Crippen molar-refractivity contribution in [3.05, 3.63) is 0 Å². The second-order valence-electron chi connectivity index (χ2n) is 11.6. The van der Waals surface area contributed by atoms with E-state index in [1.54, 1.807) is 62.3 Å². The number of carbonyl (C=O) groups is 4. The number of nitrogens with two attached hydrogens (primary N) is 1. The van der Waals surface area contributed by atoms with Crippen molar-refractivity contribution in [2.24, 2.45) is 5.73 Å². The highest BCUT2D eigenvalue weighted by Gasteiger charge is 2.34. The van der Waals surface area contributed by atoms with Gasteiger partial charge >= 0.3 is 23.9 Å². The summed E-state index contributed by atoms with van der Waals surface area (Å²) < 4.78 is 16.2. The molecule has 0 rings (SSSR count). The summed E-state index contributed by atoms with van der Waals surface area (Å²) in [6.45, 7) is 16.1. The number of esters is 3. The van der Waals surface area contributed by atoms with Gasteiger partial charge in [-0.3, -0.25) is 4.79 Å². The molecule has 0 aliphatic heterocycles. The minimum Gasteiger partial charge on any atom is -0.460 e. The van der Waals surface area contributed by atoms with Gasteiger partial charge in [0.1, 0.15) is 28.9 Å². The Morgan fingerprint density at radius 1 is 0.771 bits per heavy atom. The first-order valence-corrected chi connectivity index (χ1v) is 12.2. The average molecular weight is 502 g/mol. The molecule has 3 N–H and O–H groups in total. The van der Waals surface area contributed by atoms with Crippen molar-refractivity contribution in [3.63, 3.8) is 0 Å². The Morgan fingerprint density at radius 3 is 1.71 bits per heavy atom.